The van der Waals surface area contributed by atoms with Crippen molar-refractivity contribution in [1.82, 2.24) is 10.6 Å². The number of sulfone groups is 1. The fraction of sp³-hybridized carbons (Fsp3) is 0.611. The summed E-state index contributed by atoms with van der Waals surface area (Å²) in [6, 6.07) is 8.13. The van der Waals surface area contributed by atoms with Crippen molar-refractivity contribution in [3.8, 4) is 0 Å². The molecule has 0 amide bonds. The summed E-state index contributed by atoms with van der Waals surface area (Å²) in [6.45, 7) is 2.77. The van der Waals surface area contributed by atoms with Crippen molar-refractivity contribution in [2.45, 2.75) is 44.1 Å². The van der Waals surface area contributed by atoms with E-state index in [1.165, 1.54) is 18.2 Å². The van der Waals surface area contributed by atoms with E-state index in [0.29, 0.717) is 12.4 Å². The Kier molecular flexibility index (Phi) is 9.15. The molecule has 1 saturated carbocycles. The van der Waals surface area contributed by atoms with Gasteiger partial charge in [0.2, 0.25) is 0 Å². The summed E-state index contributed by atoms with van der Waals surface area (Å²) < 4.78 is 22.6. The number of rotatable bonds is 7. The quantitative estimate of drug-likeness (QED) is 0.333. The second-order valence-corrected chi connectivity index (χ2v) is 9.73. The van der Waals surface area contributed by atoms with Gasteiger partial charge in [0.05, 0.1) is 5.75 Å². The van der Waals surface area contributed by atoms with Crippen LogP contribution in [0.1, 0.15) is 38.2 Å². The molecule has 1 unspecified atom stereocenters. The first-order valence-electron chi connectivity index (χ1n) is 8.65. The molecule has 0 heterocycles. The van der Waals surface area contributed by atoms with Gasteiger partial charge < -0.3 is 10.6 Å². The lowest BCUT2D eigenvalue weighted by molar-refractivity contribution is 0.243. The molecule has 1 aliphatic carbocycles. The van der Waals surface area contributed by atoms with E-state index < -0.39 is 9.84 Å². The Bertz CT molecular complexity index is 704. The lowest BCUT2D eigenvalue weighted by Crippen LogP contribution is -2.50. The Morgan fingerprint density at radius 1 is 1.31 bits per heavy atom. The number of halogens is 2. The molecule has 0 aliphatic heterocycles. The van der Waals surface area contributed by atoms with Gasteiger partial charge in [0.25, 0.3) is 0 Å². The van der Waals surface area contributed by atoms with Crippen molar-refractivity contribution in [3.63, 3.8) is 0 Å². The minimum absolute atomic E-state index is 0. The Labute approximate surface area is 179 Å². The first-order valence-corrected chi connectivity index (χ1v) is 11.1. The van der Waals surface area contributed by atoms with E-state index in [1.54, 1.807) is 7.05 Å². The molecular weight excluding hydrogens is 485 g/mol. The Morgan fingerprint density at radius 3 is 2.38 bits per heavy atom. The second-order valence-electron chi connectivity index (χ2n) is 7.03. The third-order valence-corrected chi connectivity index (χ3v) is 6.12. The standard InChI is InChI=1S/C18H28ClN3O2S.HI/c1-14(9-12-25(3,23)24)22-17(20-2)21-13-18(10-4-11-18)15-5-7-16(19)8-6-15;/h5-8,14H,4,9-13H2,1-3H3,(H2,20,21,22);1H. The average molecular weight is 514 g/mol. The SMILES string of the molecule is CN=C(NCC1(c2ccc(Cl)cc2)CCC1)NC(C)CCS(C)(=O)=O.I. The monoisotopic (exact) mass is 513 g/mol. The molecule has 1 fully saturated rings. The summed E-state index contributed by atoms with van der Waals surface area (Å²) in [5, 5.41) is 7.44. The fourth-order valence-electron chi connectivity index (χ4n) is 3.12. The van der Waals surface area contributed by atoms with Crippen molar-refractivity contribution < 1.29 is 8.42 Å². The Hall–Kier alpha value is -0.540. The maximum Gasteiger partial charge on any atom is 0.191 e. The highest BCUT2D eigenvalue weighted by Crippen LogP contribution is 2.43. The summed E-state index contributed by atoms with van der Waals surface area (Å²) in [5.74, 6) is 0.883. The van der Waals surface area contributed by atoms with Crippen molar-refractivity contribution in [3.05, 3.63) is 34.9 Å². The summed E-state index contributed by atoms with van der Waals surface area (Å²) in [6.07, 6.45) is 5.33. The van der Waals surface area contributed by atoms with Crippen LogP contribution in [0.5, 0.6) is 0 Å². The van der Waals surface area contributed by atoms with Crippen LogP contribution in [0, 0.1) is 0 Å². The van der Waals surface area contributed by atoms with Crippen LogP contribution in [0.3, 0.4) is 0 Å². The first-order chi connectivity index (χ1) is 11.7. The second kappa shape index (κ2) is 10.1. The molecule has 26 heavy (non-hydrogen) atoms. The number of hydrogen-bond donors (Lipinski definition) is 2. The molecule has 0 radical (unpaired) electrons. The molecule has 1 aliphatic rings. The van der Waals surface area contributed by atoms with Crippen LogP contribution >= 0.6 is 35.6 Å². The van der Waals surface area contributed by atoms with Crippen molar-refractivity contribution in [1.29, 1.82) is 0 Å². The summed E-state index contributed by atoms with van der Waals surface area (Å²) >= 11 is 6.00. The van der Waals surface area contributed by atoms with Gasteiger partial charge in [-0.1, -0.05) is 30.2 Å². The highest BCUT2D eigenvalue weighted by molar-refractivity contribution is 14.0. The van der Waals surface area contributed by atoms with Crippen LogP contribution in [-0.2, 0) is 15.3 Å². The predicted octanol–water partition coefficient (Wildman–Crippen LogP) is 3.37. The summed E-state index contributed by atoms with van der Waals surface area (Å²) in [4.78, 5) is 4.27. The molecular formula is C18H29ClIN3O2S. The minimum Gasteiger partial charge on any atom is -0.356 e. The Morgan fingerprint density at radius 2 is 1.92 bits per heavy atom. The van der Waals surface area contributed by atoms with E-state index in [-0.39, 0.29) is 41.2 Å². The van der Waals surface area contributed by atoms with E-state index in [1.807, 2.05) is 19.1 Å². The van der Waals surface area contributed by atoms with Gasteiger partial charge in [0, 0.05) is 36.3 Å². The van der Waals surface area contributed by atoms with Gasteiger partial charge in [0.15, 0.2) is 5.96 Å². The third-order valence-electron chi connectivity index (χ3n) is 4.89. The zero-order chi connectivity index (χ0) is 18.5. The smallest absolute Gasteiger partial charge is 0.191 e. The number of aliphatic imine (C=N–C) groups is 1. The number of guanidine groups is 1. The normalized spacial score (nSPS) is 17.6. The molecule has 2 rings (SSSR count). The number of nitrogens with zero attached hydrogens (tertiary/aromatic N) is 1. The molecule has 1 atom stereocenters. The van der Waals surface area contributed by atoms with E-state index in [2.05, 4.69) is 27.8 Å². The maximum absolute atomic E-state index is 11.3. The molecule has 8 heteroatoms. The van der Waals surface area contributed by atoms with Gasteiger partial charge in [-0.15, -0.1) is 24.0 Å². The molecule has 1 aromatic rings. The van der Waals surface area contributed by atoms with E-state index in [4.69, 9.17) is 11.6 Å². The summed E-state index contributed by atoms with van der Waals surface area (Å²) in [7, 11) is -1.21. The van der Waals surface area contributed by atoms with Crippen LogP contribution in [0.15, 0.2) is 29.3 Å². The van der Waals surface area contributed by atoms with Crippen molar-refractivity contribution in [2.75, 3.05) is 25.6 Å². The minimum atomic E-state index is -2.94. The zero-order valence-electron chi connectivity index (χ0n) is 15.6. The number of hydrogen-bond acceptors (Lipinski definition) is 3. The van der Waals surface area contributed by atoms with Gasteiger partial charge in [-0.3, -0.25) is 4.99 Å². The highest BCUT2D eigenvalue weighted by Gasteiger charge is 2.38. The molecule has 148 valence electrons. The molecule has 5 nitrogen and oxygen atoms in total. The van der Waals surface area contributed by atoms with E-state index in [9.17, 15) is 8.42 Å². The van der Waals surface area contributed by atoms with Crippen LogP contribution in [0.4, 0.5) is 0 Å². The first kappa shape index (κ1) is 23.5. The molecule has 2 N–H and O–H groups in total. The largest absolute Gasteiger partial charge is 0.356 e. The maximum atomic E-state index is 11.3. The molecule has 0 bridgehead atoms. The van der Waals surface area contributed by atoms with Crippen molar-refractivity contribution >= 4 is 51.4 Å². The van der Waals surface area contributed by atoms with Crippen LogP contribution in [0.2, 0.25) is 5.02 Å². The highest BCUT2D eigenvalue weighted by atomic mass is 127. The predicted molar refractivity (Wildman–Crippen MR) is 121 cm³/mol. The fourth-order valence-corrected chi connectivity index (χ4v) is 4.03. The van der Waals surface area contributed by atoms with Crippen LogP contribution in [0.25, 0.3) is 0 Å². The lowest BCUT2D eigenvalue weighted by atomic mass is 9.64. The van der Waals surface area contributed by atoms with E-state index >= 15 is 0 Å². The molecule has 1 aromatic carbocycles. The van der Waals surface area contributed by atoms with Crippen LogP contribution in [-0.4, -0.2) is 46.0 Å². The number of nitrogens with one attached hydrogen (secondary N) is 2. The van der Waals surface area contributed by atoms with Gasteiger partial charge in [0.1, 0.15) is 9.84 Å². The lowest BCUT2D eigenvalue weighted by Gasteiger charge is -2.43. The number of benzene rings is 1. The zero-order valence-corrected chi connectivity index (χ0v) is 19.5. The topological polar surface area (TPSA) is 70.6 Å². The van der Waals surface area contributed by atoms with Crippen LogP contribution < -0.4 is 10.6 Å². The molecule has 0 aromatic heterocycles. The molecule has 0 spiro atoms. The van der Waals surface area contributed by atoms with Gasteiger partial charge >= 0.3 is 0 Å². The van der Waals surface area contributed by atoms with Crippen molar-refractivity contribution in [2.24, 2.45) is 4.99 Å². The van der Waals surface area contributed by atoms with Gasteiger partial charge in [-0.25, -0.2) is 8.42 Å². The van der Waals surface area contributed by atoms with Gasteiger partial charge in [-0.2, -0.15) is 0 Å². The molecule has 0 saturated heterocycles. The third kappa shape index (κ3) is 6.88. The Balaban J connectivity index is 0.00000338. The van der Waals surface area contributed by atoms with Gasteiger partial charge in [-0.05, 0) is 43.9 Å². The average Bonchev–Trinajstić information content (AvgIpc) is 2.51. The van der Waals surface area contributed by atoms with E-state index in [0.717, 1.165) is 24.4 Å². The summed E-state index contributed by atoms with van der Waals surface area (Å²) in [5.41, 5.74) is 1.43.